The molecule has 7 heteroatoms. The third-order valence-electron chi connectivity index (χ3n) is 2.66. The molecule has 1 heterocycles. The molecule has 0 atom stereocenters. The summed E-state index contributed by atoms with van der Waals surface area (Å²) in [5.74, 6) is 6.37. The van der Waals surface area contributed by atoms with Crippen molar-refractivity contribution >= 4 is 17.5 Å². The van der Waals surface area contributed by atoms with Gasteiger partial charge in [0.2, 0.25) is 5.95 Å². The van der Waals surface area contributed by atoms with E-state index < -0.39 is 5.69 Å². The Morgan fingerprint density at radius 2 is 2.05 bits per heavy atom. The predicted octanol–water partition coefficient (Wildman–Crippen LogP) is 1.29. The minimum atomic E-state index is -0.459. The van der Waals surface area contributed by atoms with E-state index in [4.69, 9.17) is 17.4 Å². The number of rotatable bonds is 3. The van der Waals surface area contributed by atoms with E-state index >= 15 is 0 Å². The molecular weight excluding hydrogens is 266 g/mol. The summed E-state index contributed by atoms with van der Waals surface area (Å²) in [6.07, 6.45) is 0. The third-order valence-corrected chi connectivity index (χ3v) is 2.98. The zero-order chi connectivity index (χ0) is 14.0. The summed E-state index contributed by atoms with van der Waals surface area (Å²) in [6.45, 7) is 4.06. The van der Waals surface area contributed by atoms with Crippen molar-refractivity contribution in [2.75, 3.05) is 11.6 Å². The number of halogens is 1. The Morgan fingerprint density at radius 1 is 1.37 bits per heavy atom. The number of nitrogens with zero attached hydrogens (tertiary/aromatic N) is 4. The Hall–Kier alpha value is -1.92. The molecule has 0 aliphatic rings. The van der Waals surface area contributed by atoms with Crippen LogP contribution in [0.25, 0.3) is 5.69 Å². The van der Waals surface area contributed by atoms with E-state index in [9.17, 15) is 4.79 Å². The van der Waals surface area contributed by atoms with Crippen LogP contribution < -0.4 is 16.5 Å². The maximum absolute atomic E-state index is 12.1. The Morgan fingerprint density at radius 3 is 2.63 bits per heavy atom. The fraction of sp³-hybridized carbons (Fsp3) is 0.250. The van der Waals surface area contributed by atoms with Gasteiger partial charge in [-0.25, -0.2) is 15.2 Å². The molecular formula is C12H14ClN5O. The maximum atomic E-state index is 12.1. The predicted molar refractivity (Wildman–Crippen MR) is 74.6 cm³/mol. The molecule has 0 saturated heterocycles. The van der Waals surface area contributed by atoms with Crippen molar-refractivity contribution in [3.63, 3.8) is 0 Å². The number of aryl methyl sites for hydroxylation is 1. The van der Waals surface area contributed by atoms with Crippen LogP contribution in [-0.2, 0) is 0 Å². The summed E-state index contributed by atoms with van der Waals surface area (Å²) < 4.78 is 1.36. The highest BCUT2D eigenvalue weighted by molar-refractivity contribution is 6.32. The van der Waals surface area contributed by atoms with E-state index in [0.717, 1.165) is 0 Å². The second kappa shape index (κ2) is 5.38. The molecule has 0 fully saturated rings. The van der Waals surface area contributed by atoms with Crippen molar-refractivity contribution in [3.05, 3.63) is 45.6 Å². The number of anilines is 1. The van der Waals surface area contributed by atoms with E-state index in [2.05, 4.69) is 9.97 Å². The van der Waals surface area contributed by atoms with Crippen LogP contribution in [0.5, 0.6) is 0 Å². The lowest BCUT2D eigenvalue weighted by atomic mass is 10.3. The summed E-state index contributed by atoms with van der Waals surface area (Å²) >= 11 is 6.08. The second-order valence-corrected chi connectivity index (χ2v) is 4.33. The van der Waals surface area contributed by atoms with Crippen molar-refractivity contribution in [3.8, 4) is 5.69 Å². The largest absolute Gasteiger partial charge is 0.356 e. The van der Waals surface area contributed by atoms with E-state index in [1.54, 1.807) is 31.2 Å². The molecule has 0 saturated carbocycles. The van der Waals surface area contributed by atoms with Gasteiger partial charge in [0.25, 0.3) is 0 Å². The number of benzene rings is 1. The van der Waals surface area contributed by atoms with Gasteiger partial charge in [-0.1, -0.05) is 23.7 Å². The van der Waals surface area contributed by atoms with Crippen LogP contribution in [0.1, 0.15) is 12.7 Å². The van der Waals surface area contributed by atoms with Gasteiger partial charge in [0.1, 0.15) is 5.82 Å². The maximum Gasteiger partial charge on any atom is 0.356 e. The zero-order valence-corrected chi connectivity index (χ0v) is 11.4. The number of hydrazine groups is 1. The lowest BCUT2D eigenvalue weighted by molar-refractivity contribution is 0.757. The average molecular weight is 280 g/mol. The van der Waals surface area contributed by atoms with Crippen LogP contribution in [0.2, 0.25) is 5.02 Å². The fourth-order valence-electron chi connectivity index (χ4n) is 1.67. The van der Waals surface area contributed by atoms with E-state index in [1.807, 2.05) is 6.92 Å². The van der Waals surface area contributed by atoms with Gasteiger partial charge in [-0.2, -0.15) is 9.97 Å². The Kier molecular flexibility index (Phi) is 3.82. The summed E-state index contributed by atoms with van der Waals surface area (Å²) in [4.78, 5) is 20.2. The van der Waals surface area contributed by atoms with Crippen molar-refractivity contribution in [1.29, 1.82) is 0 Å². The van der Waals surface area contributed by atoms with Crippen molar-refractivity contribution in [2.45, 2.75) is 13.8 Å². The van der Waals surface area contributed by atoms with Crippen LogP contribution in [0, 0.1) is 6.92 Å². The lowest BCUT2D eigenvalue weighted by Gasteiger charge is -2.16. The molecule has 100 valence electrons. The molecule has 2 aromatic rings. The van der Waals surface area contributed by atoms with Crippen LogP contribution in [-0.4, -0.2) is 21.1 Å². The molecule has 0 radical (unpaired) electrons. The van der Waals surface area contributed by atoms with Crippen LogP contribution in [0.3, 0.4) is 0 Å². The van der Waals surface area contributed by atoms with Gasteiger partial charge in [0, 0.05) is 6.54 Å². The SMILES string of the molecule is CCN(N)c1nc(C)n(-c2ccccc2Cl)c(=O)n1. The Bertz CT molecular complexity index is 655. The first-order valence-corrected chi connectivity index (χ1v) is 6.17. The van der Waals surface area contributed by atoms with E-state index in [-0.39, 0.29) is 5.95 Å². The highest BCUT2D eigenvalue weighted by atomic mass is 35.5. The molecule has 6 nitrogen and oxygen atoms in total. The minimum Gasteiger partial charge on any atom is -0.279 e. The normalized spacial score (nSPS) is 10.5. The lowest BCUT2D eigenvalue weighted by Crippen LogP contribution is -2.36. The summed E-state index contributed by atoms with van der Waals surface area (Å²) in [6, 6.07) is 7.03. The molecule has 0 unspecified atom stereocenters. The number of hydrogen-bond acceptors (Lipinski definition) is 5. The van der Waals surface area contributed by atoms with E-state index in [0.29, 0.717) is 23.1 Å². The Labute approximate surface area is 115 Å². The smallest absolute Gasteiger partial charge is 0.279 e. The molecule has 1 aromatic heterocycles. The van der Waals surface area contributed by atoms with Gasteiger partial charge in [-0.15, -0.1) is 0 Å². The molecule has 0 amide bonds. The first kappa shape index (κ1) is 13.5. The van der Waals surface area contributed by atoms with E-state index in [1.165, 1.54) is 9.58 Å². The standard InChI is InChI=1S/C12H14ClN5O/c1-3-17(14)11-15-8(2)18(12(19)16-11)10-7-5-4-6-9(10)13/h4-7H,3,14H2,1-2H3. The summed E-state index contributed by atoms with van der Waals surface area (Å²) in [5, 5.41) is 1.77. The van der Waals surface area contributed by atoms with Crippen LogP contribution in [0.4, 0.5) is 5.95 Å². The number of para-hydroxylation sites is 1. The second-order valence-electron chi connectivity index (χ2n) is 3.93. The van der Waals surface area contributed by atoms with Crippen molar-refractivity contribution < 1.29 is 0 Å². The first-order valence-electron chi connectivity index (χ1n) is 5.79. The van der Waals surface area contributed by atoms with Gasteiger partial charge in [0.05, 0.1) is 10.7 Å². The number of nitrogens with two attached hydrogens (primary N) is 1. The van der Waals surface area contributed by atoms with Gasteiger partial charge >= 0.3 is 5.69 Å². The van der Waals surface area contributed by atoms with Gasteiger partial charge in [-0.3, -0.25) is 5.01 Å². The molecule has 0 spiro atoms. The molecule has 0 aliphatic heterocycles. The molecule has 0 bridgehead atoms. The van der Waals surface area contributed by atoms with Crippen LogP contribution in [0.15, 0.2) is 29.1 Å². The van der Waals surface area contributed by atoms with Crippen molar-refractivity contribution in [2.24, 2.45) is 5.84 Å². The topological polar surface area (TPSA) is 77.0 Å². The molecule has 2 N–H and O–H groups in total. The third kappa shape index (κ3) is 2.59. The van der Waals surface area contributed by atoms with Crippen LogP contribution >= 0.6 is 11.6 Å². The zero-order valence-electron chi connectivity index (χ0n) is 10.7. The number of hydrogen-bond donors (Lipinski definition) is 1. The van der Waals surface area contributed by atoms with Gasteiger partial charge in [-0.05, 0) is 26.0 Å². The average Bonchev–Trinajstić information content (AvgIpc) is 2.39. The quantitative estimate of drug-likeness (QED) is 0.677. The highest BCUT2D eigenvalue weighted by Gasteiger charge is 2.12. The number of aromatic nitrogens is 3. The summed E-state index contributed by atoms with van der Waals surface area (Å²) in [5.41, 5.74) is 0.0952. The van der Waals surface area contributed by atoms with Crippen molar-refractivity contribution in [1.82, 2.24) is 14.5 Å². The Balaban J connectivity index is 2.61. The summed E-state index contributed by atoms with van der Waals surface area (Å²) in [7, 11) is 0. The minimum absolute atomic E-state index is 0.202. The monoisotopic (exact) mass is 279 g/mol. The molecule has 2 rings (SSSR count). The van der Waals surface area contributed by atoms with Gasteiger partial charge < -0.3 is 0 Å². The van der Waals surface area contributed by atoms with Gasteiger partial charge in [0.15, 0.2) is 0 Å². The first-order chi connectivity index (χ1) is 9.04. The molecule has 0 aliphatic carbocycles. The molecule has 1 aromatic carbocycles. The molecule has 19 heavy (non-hydrogen) atoms. The fourth-order valence-corrected chi connectivity index (χ4v) is 1.89. The highest BCUT2D eigenvalue weighted by Crippen LogP contribution is 2.19.